The molecule has 18 heavy (non-hydrogen) atoms. The fraction of sp³-hybridized carbons (Fsp3) is 0.455. The van der Waals surface area contributed by atoms with Crippen LogP contribution in [0.5, 0.6) is 0 Å². The summed E-state index contributed by atoms with van der Waals surface area (Å²) in [7, 11) is 0. The smallest absolute Gasteiger partial charge is 0.311 e. The van der Waals surface area contributed by atoms with Crippen molar-refractivity contribution in [3.63, 3.8) is 0 Å². The first-order valence-corrected chi connectivity index (χ1v) is 5.41. The Morgan fingerprint density at radius 1 is 1.50 bits per heavy atom. The van der Waals surface area contributed by atoms with E-state index in [9.17, 15) is 13.6 Å². The summed E-state index contributed by atoms with van der Waals surface area (Å²) < 4.78 is 30.1. The van der Waals surface area contributed by atoms with Gasteiger partial charge in [-0.3, -0.25) is 9.78 Å². The SMILES string of the molecule is CCOC(=O)Cc1nc(CN)c(C(F)F)cc1N. The molecule has 100 valence electrons. The largest absolute Gasteiger partial charge is 0.466 e. The van der Waals surface area contributed by atoms with Crippen LogP contribution in [0.15, 0.2) is 6.07 Å². The second-order valence-electron chi connectivity index (χ2n) is 3.55. The molecule has 0 aromatic carbocycles. The summed E-state index contributed by atoms with van der Waals surface area (Å²) in [6, 6.07) is 1.11. The maximum Gasteiger partial charge on any atom is 0.311 e. The van der Waals surface area contributed by atoms with E-state index >= 15 is 0 Å². The van der Waals surface area contributed by atoms with Crippen molar-refractivity contribution in [2.75, 3.05) is 12.3 Å². The van der Waals surface area contributed by atoms with Crippen LogP contribution in [0.4, 0.5) is 14.5 Å². The zero-order chi connectivity index (χ0) is 13.7. The number of pyridine rings is 1. The van der Waals surface area contributed by atoms with Crippen molar-refractivity contribution in [2.45, 2.75) is 26.3 Å². The Morgan fingerprint density at radius 2 is 2.17 bits per heavy atom. The van der Waals surface area contributed by atoms with Gasteiger partial charge in [-0.25, -0.2) is 8.78 Å². The van der Waals surface area contributed by atoms with Crippen LogP contribution in [0, 0.1) is 0 Å². The highest BCUT2D eigenvalue weighted by molar-refractivity contribution is 5.74. The Hall–Kier alpha value is -1.76. The molecule has 0 radical (unpaired) electrons. The lowest BCUT2D eigenvalue weighted by atomic mass is 10.1. The van der Waals surface area contributed by atoms with Crippen molar-refractivity contribution in [3.05, 3.63) is 23.0 Å². The molecule has 0 atom stereocenters. The Kier molecular flexibility index (Phi) is 4.96. The molecule has 0 aliphatic rings. The minimum absolute atomic E-state index is 0.0375. The molecule has 7 heteroatoms. The number of nitrogens with zero attached hydrogens (tertiary/aromatic N) is 1. The zero-order valence-electron chi connectivity index (χ0n) is 9.95. The van der Waals surface area contributed by atoms with E-state index in [4.69, 9.17) is 16.2 Å². The van der Waals surface area contributed by atoms with Gasteiger partial charge in [-0.2, -0.15) is 0 Å². The summed E-state index contributed by atoms with van der Waals surface area (Å²) in [5, 5.41) is 0. The number of hydrogen-bond acceptors (Lipinski definition) is 5. The van der Waals surface area contributed by atoms with Gasteiger partial charge in [-0.15, -0.1) is 0 Å². The Morgan fingerprint density at radius 3 is 2.67 bits per heavy atom. The molecule has 0 saturated carbocycles. The summed E-state index contributed by atoms with van der Waals surface area (Å²) in [6.45, 7) is 1.76. The number of ether oxygens (including phenoxy) is 1. The lowest BCUT2D eigenvalue weighted by Crippen LogP contribution is -2.14. The Balaban J connectivity index is 3.04. The lowest BCUT2D eigenvalue weighted by molar-refractivity contribution is -0.142. The molecule has 0 bridgehead atoms. The highest BCUT2D eigenvalue weighted by atomic mass is 19.3. The molecule has 1 rings (SSSR count). The summed E-state index contributed by atoms with van der Waals surface area (Å²) >= 11 is 0. The minimum atomic E-state index is -2.70. The van der Waals surface area contributed by atoms with Crippen LogP contribution in [0.25, 0.3) is 0 Å². The average molecular weight is 259 g/mol. The number of hydrogen-bond donors (Lipinski definition) is 2. The third-order valence-electron chi connectivity index (χ3n) is 2.29. The standard InChI is InChI=1S/C11H15F2N3O2/c1-2-18-10(17)4-8-7(15)3-6(11(12)13)9(5-14)16-8/h3,11H,2,4-5,14-15H2,1H3. The second-order valence-corrected chi connectivity index (χ2v) is 3.55. The van der Waals surface area contributed by atoms with E-state index in [1.54, 1.807) is 6.92 Å². The predicted octanol–water partition coefficient (Wildman–Crippen LogP) is 1.17. The normalized spacial score (nSPS) is 10.7. The van der Waals surface area contributed by atoms with Crippen LogP contribution < -0.4 is 11.5 Å². The molecule has 5 nitrogen and oxygen atoms in total. The molecule has 4 N–H and O–H groups in total. The van der Waals surface area contributed by atoms with Gasteiger partial charge in [0.1, 0.15) is 0 Å². The fourth-order valence-electron chi connectivity index (χ4n) is 1.47. The quantitative estimate of drug-likeness (QED) is 0.774. The number of esters is 1. The highest BCUT2D eigenvalue weighted by Crippen LogP contribution is 2.25. The topological polar surface area (TPSA) is 91.2 Å². The van der Waals surface area contributed by atoms with Gasteiger partial charge in [0.2, 0.25) is 0 Å². The van der Waals surface area contributed by atoms with Crippen LogP contribution in [0.1, 0.15) is 30.3 Å². The van der Waals surface area contributed by atoms with Gasteiger partial charge in [-0.05, 0) is 13.0 Å². The number of carbonyl (C=O) groups excluding carboxylic acids is 1. The van der Waals surface area contributed by atoms with Gasteiger partial charge < -0.3 is 16.2 Å². The number of nitrogen functional groups attached to an aromatic ring is 1. The summed E-state index contributed by atoms with van der Waals surface area (Å²) in [4.78, 5) is 15.2. The molecular weight excluding hydrogens is 244 g/mol. The molecular formula is C11H15F2N3O2. The Labute approximate surface area is 103 Å². The molecule has 1 aromatic rings. The molecule has 0 unspecified atom stereocenters. The number of rotatable bonds is 5. The number of anilines is 1. The minimum Gasteiger partial charge on any atom is -0.466 e. The summed E-state index contributed by atoms with van der Waals surface area (Å²) in [5.41, 5.74) is 10.9. The Bertz CT molecular complexity index is 439. The summed E-state index contributed by atoms with van der Waals surface area (Å²) in [5.74, 6) is -0.510. The lowest BCUT2D eigenvalue weighted by Gasteiger charge is -2.11. The average Bonchev–Trinajstić information content (AvgIpc) is 2.31. The first-order valence-electron chi connectivity index (χ1n) is 5.41. The maximum atomic E-state index is 12.7. The third-order valence-corrected chi connectivity index (χ3v) is 2.29. The maximum absolute atomic E-state index is 12.7. The number of carbonyl (C=O) groups is 1. The van der Waals surface area contributed by atoms with Gasteiger partial charge in [-0.1, -0.05) is 0 Å². The van der Waals surface area contributed by atoms with Crippen molar-refractivity contribution in [2.24, 2.45) is 5.73 Å². The van der Waals surface area contributed by atoms with Crippen molar-refractivity contribution < 1.29 is 18.3 Å². The van der Waals surface area contributed by atoms with Crippen LogP contribution in [-0.4, -0.2) is 17.6 Å². The first kappa shape index (κ1) is 14.3. The van der Waals surface area contributed by atoms with E-state index in [2.05, 4.69) is 4.98 Å². The van der Waals surface area contributed by atoms with Gasteiger partial charge >= 0.3 is 5.97 Å². The molecule has 0 aliphatic carbocycles. The van der Waals surface area contributed by atoms with Gasteiger partial charge in [0.05, 0.1) is 30.1 Å². The van der Waals surface area contributed by atoms with Crippen molar-refractivity contribution in [3.8, 4) is 0 Å². The van der Waals surface area contributed by atoms with Crippen molar-refractivity contribution in [1.29, 1.82) is 0 Å². The van der Waals surface area contributed by atoms with Crippen LogP contribution >= 0.6 is 0 Å². The molecule has 0 aliphatic heterocycles. The van der Waals surface area contributed by atoms with E-state index < -0.39 is 12.4 Å². The zero-order valence-corrected chi connectivity index (χ0v) is 9.95. The highest BCUT2D eigenvalue weighted by Gasteiger charge is 2.18. The number of halogens is 2. The number of nitrogens with two attached hydrogens (primary N) is 2. The number of alkyl halides is 2. The van der Waals surface area contributed by atoms with Crippen LogP contribution in [0.2, 0.25) is 0 Å². The van der Waals surface area contributed by atoms with E-state index in [0.717, 1.165) is 6.07 Å². The van der Waals surface area contributed by atoms with Gasteiger partial charge in [0.15, 0.2) is 0 Å². The first-order chi connectivity index (χ1) is 8.49. The number of aromatic nitrogens is 1. The molecule has 1 heterocycles. The fourth-order valence-corrected chi connectivity index (χ4v) is 1.47. The van der Waals surface area contributed by atoms with Gasteiger partial charge in [0.25, 0.3) is 6.43 Å². The van der Waals surface area contributed by atoms with Crippen molar-refractivity contribution >= 4 is 11.7 Å². The molecule has 0 amide bonds. The second kappa shape index (κ2) is 6.25. The van der Waals surface area contributed by atoms with E-state index in [0.29, 0.717) is 0 Å². The summed E-state index contributed by atoms with van der Waals surface area (Å²) in [6.07, 6.45) is -2.86. The molecule has 1 aromatic heterocycles. The van der Waals surface area contributed by atoms with E-state index in [-0.39, 0.29) is 42.2 Å². The molecule has 0 saturated heterocycles. The van der Waals surface area contributed by atoms with E-state index in [1.165, 1.54) is 0 Å². The van der Waals surface area contributed by atoms with E-state index in [1.807, 2.05) is 0 Å². The van der Waals surface area contributed by atoms with Gasteiger partial charge in [0, 0.05) is 12.1 Å². The van der Waals surface area contributed by atoms with Crippen LogP contribution in [0.3, 0.4) is 0 Å². The predicted molar refractivity (Wildman–Crippen MR) is 61.8 cm³/mol. The monoisotopic (exact) mass is 259 g/mol. The van der Waals surface area contributed by atoms with Crippen molar-refractivity contribution in [1.82, 2.24) is 4.98 Å². The third kappa shape index (κ3) is 3.36. The molecule has 0 fully saturated rings. The molecule has 0 spiro atoms. The van der Waals surface area contributed by atoms with Crippen LogP contribution in [-0.2, 0) is 22.5 Å².